The van der Waals surface area contributed by atoms with Crippen LogP contribution in [0.3, 0.4) is 0 Å². The van der Waals surface area contributed by atoms with Gasteiger partial charge in [0.25, 0.3) is 0 Å². The predicted octanol–water partition coefficient (Wildman–Crippen LogP) is 3.07. The molecule has 84 valence electrons. The lowest BCUT2D eigenvalue weighted by atomic mass is 10.1. The lowest BCUT2D eigenvalue weighted by Gasteiger charge is -1.94. The van der Waals surface area contributed by atoms with Crippen LogP contribution >= 0.6 is 11.6 Å². The molecule has 0 amide bonds. The monoisotopic (exact) mass is 246 g/mol. The van der Waals surface area contributed by atoms with Crippen molar-refractivity contribution in [3.8, 4) is 0 Å². The molecule has 5 heteroatoms. The number of halogens is 1. The van der Waals surface area contributed by atoms with Crippen LogP contribution in [0.25, 0.3) is 21.9 Å². The molecule has 0 saturated heterocycles. The molecule has 0 aliphatic carbocycles. The molecular weight excluding hydrogens is 240 g/mol. The van der Waals surface area contributed by atoms with Crippen molar-refractivity contribution >= 4 is 39.5 Å². The molecule has 0 fully saturated rings. The maximum Gasteiger partial charge on any atom is 0.335 e. The number of hydrogen-bond acceptors (Lipinski definition) is 2. The van der Waals surface area contributed by atoms with Gasteiger partial charge in [-0.1, -0.05) is 11.6 Å². The number of nitrogens with one attached hydrogen (secondary N) is 1. The van der Waals surface area contributed by atoms with Crippen molar-refractivity contribution in [3.63, 3.8) is 0 Å². The molecule has 0 saturated carbocycles. The van der Waals surface area contributed by atoms with E-state index in [1.165, 1.54) is 0 Å². The fourth-order valence-electron chi connectivity index (χ4n) is 1.88. The number of rotatable bonds is 1. The van der Waals surface area contributed by atoms with Gasteiger partial charge < -0.3 is 10.1 Å². The number of pyridine rings is 1. The summed E-state index contributed by atoms with van der Waals surface area (Å²) < 4.78 is 0. The zero-order chi connectivity index (χ0) is 12.0. The van der Waals surface area contributed by atoms with Crippen LogP contribution in [0, 0.1) is 0 Å². The number of hydrogen-bond donors (Lipinski definition) is 2. The van der Waals surface area contributed by atoms with Gasteiger partial charge in [0.05, 0.1) is 5.56 Å². The largest absolute Gasteiger partial charge is 0.478 e. The molecule has 0 radical (unpaired) electrons. The number of carboxylic acids is 1. The van der Waals surface area contributed by atoms with E-state index in [-0.39, 0.29) is 5.56 Å². The molecule has 2 N–H and O–H groups in total. The van der Waals surface area contributed by atoms with Crippen molar-refractivity contribution in [2.75, 3.05) is 0 Å². The second-order valence-electron chi connectivity index (χ2n) is 3.72. The number of aromatic amines is 1. The minimum Gasteiger partial charge on any atom is -0.478 e. The van der Waals surface area contributed by atoms with Gasteiger partial charge in [0.15, 0.2) is 0 Å². The SMILES string of the molecule is O=C(O)c1ccc2[nH]c3nc(Cl)ccc3c2c1. The third kappa shape index (κ3) is 1.54. The van der Waals surface area contributed by atoms with Gasteiger partial charge in [0, 0.05) is 16.3 Å². The highest BCUT2D eigenvalue weighted by Gasteiger charge is 2.09. The Kier molecular flexibility index (Phi) is 2.06. The highest BCUT2D eigenvalue weighted by atomic mass is 35.5. The molecule has 2 heterocycles. The zero-order valence-electron chi connectivity index (χ0n) is 8.57. The highest BCUT2D eigenvalue weighted by molar-refractivity contribution is 6.30. The van der Waals surface area contributed by atoms with E-state index in [0.29, 0.717) is 10.8 Å². The Morgan fingerprint density at radius 3 is 2.82 bits per heavy atom. The van der Waals surface area contributed by atoms with Gasteiger partial charge in [-0.15, -0.1) is 0 Å². The highest BCUT2D eigenvalue weighted by Crippen LogP contribution is 2.26. The molecule has 2 aromatic heterocycles. The molecule has 0 atom stereocenters. The van der Waals surface area contributed by atoms with E-state index in [4.69, 9.17) is 16.7 Å². The zero-order valence-corrected chi connectivity index (χ0v) is 9.32. The van der Waals surface area contributed by atoms with Crippen LogP contribution < -0.4 is 0 Å². The molecule has 3 aromatic rings. The van der Waals surface area contributed by atoms with Crippen LogP contribution in [0.5, 0.6) is 0 Å². The van der Waals surface area contributed by atoms with Gasteiger partial charge in [0.1, 0.15) is 10.8 Å². The summed E-state index contributed by atoms with van der Waals surface area (Å²) in [5.41, 5.74) is 1.77. The third-order valence-corrected chi connectivity index (χ3v) is 2.88. The van der Waals surface area contributed by atoms with E-state index in [1.54, 1.807) is 24.3 Å². The number of nitrogens with zero attached hydrogens (tertiary/aromatic N) is 1. The Bertz CT molecular complexity index is 749. The Hall–Kier alpha value is -2.07. The fraction of sp³-hybridized carbons (Fsp3) is 0. The van der Waals surface area contributed by atoms with E-state index < -0.39 is 5.97 Å². The summed E-state index contributed by atoms with van der Waals surface area (Å²) in [5, 5.41) is 11.1. The van der Waals surface area contributed by atoms with E-state index in [0.717, 1.165) is 16.3 Å². The molecule has 0 spiro atoms. The Balaban J connectivity index is 2.41. The first-order valence-corrected chi connectivity index (χ1v) is 5.34. The number of fused-ring (bicyclic) bond motifs is 3. The molecule has 1 aromatic carbocycles. The Morgan fingerprint density at radius 1 is 1.24 bits per heavy atom. The van der Waals surface area contributed by atoms with Gasteiger partial charge in [-0.2, -0.15) is 0 Å². The van der Waals surface area contributed by atoms with Gasteiger partial charge in [-0.25, -0.2) is 9.78 Å². The van der Waals surface area contributed by atoms with Crippen molar-refractivity contribution < 1.29 is 9.90 Å². The van der Waals surface area contributed by atoms with Crippen LogP contribution in [0.1, 0.15) is 10.4 Å². The maximum atomic E-state index is 10.9. The second-order valence-corrected chi connectivity index (χ2v) is 4.11. The van der Waals surface area contributed by atoms with E-state index >= 15 is 0 Å². The standard InChI is InChI=1S/C12H7ClN2O2/c13-10-4-2-7-8-5-6(12(16)17)1-3-9(8)14-11(7)15-10/h1-5H,(H,14,15)(H,16,17). The molecular formula is C12H7ClN2O2. The minimum atomic E-state index is -0.942. The summed E-state index contributed by atoms with van der Waals surface area (Å²) in [4.78, 5) is 18.2. The van der Waals surface area contributed by atoms with Crippen LogP contribution in [0.15, 0.2) is 30.3 Å². The summed E-state index contributed by atoms with van der Waals surface area (Å²) >= 11 is 5.80. The van der Waals surface area contributed by atoms with E-state index in [2.05, 4.69) is 9.97 Å². The number of benzene rings is 1. The molecule has 0 aliphatic rings. The van der Waals surface area contributed by atoms with Crippen molar-refractivity contribution in [2.24, 2.45) is 0 Å². The fourth-order valence-corrected chi connectivity index (χ4v) is 2.03. The Morgan fingerprint density at radius 2 is 2.06 bits per heavy atom. The van der Waals surface area contributed by atoms with E-state index in [9.17, 15) is 4.79 Å². The van der Waals surface area contributed by atoms with E-state index in [1.807, 2.05) is 6.07 Å². The van der Waals surface area contributed by atoms with Gasteiger partial charge in [-0.05, 0) is 30.3 Å². The van der Waals surface area contributed by atoms with Crippen molar-refractivity contribution in [3.05, 3.63) is 41.0 Å². The molecule has 3 rings (SSSR count). The second kappa shape index (κ2) is 3.46. The average molecular weight is 247 g/mol. The summed E-state index contributed by atoms with van der Waals surface area (Å²) in [5.74, 6) is -0.942. The lowest BCUT2D eigenvalue weighted by molar-refractivity contribution is 0.0697. The predicted molar refractivity (Wildman–Crippen MR) is 65.6 cm³/mol. The first-order chi connectivity index (χ1) is 8.15. The van der Waals surface area contributed by atoms with Gasteiger partial charge in [0.2, 0.25) is 0 Å². The van der Waals surface area contributed by atoms with Crippen LogP contribution in [0.4, 0.5) is 0 Å². The topological polar surface area (TPSA) is 66.0 Å². The summed E-state index contributed by atoms with van der Waals surface area (Å²) in [6, 6.07) is 8.43. The Labute approximate surface area is 101 Å². The number of H-pyrrole nitrogens is 1. The first kappa shape index (κ1) is 10.1. The third-order valence-electron chi connectivity index (χ3n) is 2.67. The maximum absolute atomic E-state index is 10.9. The lowest BCUT2D eigenvalue weighted by Crippen LogP contribution is -1.94. The summed E-state index contributed by atoms with van der Waals surface area (Å²) in [6.07, 6.45) is 0. The van der Waals surface area contributed by atoms with Crippen LogP contribution in [0.2, 0.25) is 5.15 Å². The van der Waals surface area contributed by atoms with Crippen molar-refractivity contribution in [1.29, 1.82) is 0 Å². The first-order valence-electron chi connectivity index (χ1n) is 4.96. The van der Waals surface area contributed by atoms with Crippen molar-refractivity contribution in [2.45, 2.75) is 0 Å². The van der Waals surface area contributed by atoms with Gasteiger partial charge >= 0.3 is 5.97 Å². The average Bonchev–Trinajstić information content (AvgIpc) is 2.64. The van der Waals surface area contributed by atoms with Gasteiger partial charge in [-0.3, -0.25) is 0 Å². The van der Waals surface area contributed by atoms with Crippen molar-refractivity contribution in [1.82, 2.24) is 9.97 Å². The summed E-state index contributed by atoms with van der Waals surface area (Å²) in [7, 11) is 0. The smallest absolute Gasteiger partial charge is 0.335 e. The number of aromatic nitrogens is 2. The molecule has 4 nitrogen and oxygen atoms in total. The molecule has 0 bridgehead atoms. The minimum absolute atomic E-state index is 0.258. The number of aromatic carboxylic acids is 1. The quantitative estimate of drug-likeness (QED) is 0.649. The summed E-state index contributed by atoms with van der Waals surface area (Å²) in [6.45, 7) is 0. The molecule has 0 unspecified atom stereocenters. The molecule has 17 heavy (non-hydrogen) atoms. The number of carboxylic acid groups (broad SMARTS) is 1. The normalized spacial score (nSPS) is 11.1. The number of carbonyl (C=O) groups is 1. The van der Waals surface area contributed by atoms with Crippen LogP contribution in [-0.4, -0.2) is 21.0 Å². The van der Waals surface area contributed by atoms with Crippen LogP contribution in [-0.2, 0) is 0 Å². The molecule has 0 aliphatic heterocycles.